The molecule has 0 bridgehead atoms. The highest BCUT2D eigenvalue weighted by Crippen LogP contribution is 2.30. The van der Waals surface area contributed by atoms with Crippen LogP contribution in [0, 0.1) is 13.8 Å². The van der Waals surface area contributed by atoms with E-state index in [-0.39, 0.29) is 5.91 Å². The van der Waals surface area contributed by atoms with Crippen molar-refractivity contribution >= 4 is 17.7 Å². The van der Waals surface area contributed by atoms with E-state index in [4.69, 9.17) is 0 Å². The number of carbonyl (C=O) groups excluding carboxylic acids is 1. The molecule has 0 spiro atoms. The molecular formula is C23H26N4OS. The highest BCUT2D eigenvalue weighted by molar-refractivity contribution is 7.99. The first kappa shape index (κ1) is 19.7. The Kier molecular flexibility index (Phi) is 6.00. The van der Waals surface area contributed by atoms with Crippen LogP contribution in [0.1, 0.15) is 36.8 Å². The minimum Gasteiger partial charge on any atom is -0.353 e. The van der Waals surface area contributed by atoms with E-state index in [9.17, 15) is 4.79 Å². The van der Waals surface area contributed by atoms with Gasteiger partial charge in [0.05, 0.1) is 11.4 Å². The highest BCUT2D eigenvalue weighted by Gasteiger charge is 2.21. The summed E-state index contributed by atoms with van der Waals surface area (Å²) in [7, 11) is 0. The predicted octanol–water partition coefficient (Wildman–Crippen LogP) is 4.70. The van der Waals surface area contributed by atoms with Crippen molar-refractivity contribution in [1.29, 1.82) is 0 Å². The maximum atomic E-state index is 12.4. The van der Waals surface area contributed by atoms with Gasteiger partial charge in [0.2, 0.25) is 5.91 Å². The number of benzene rings is 2. The molecule has 0 aliphatic heterocycles. The second-order valence-electron chi connectivity index (χ2n) is 7.56. The van der Waals surface area contributed by atoms with Gasteiger partial charge in [0, 0.05) is 11.6 Å². The summed E-state index contributed by atoms with van der Waals surface area (Å²) in [6.45, 7) is 4.22. The first-order valence-electron chi connectivity index (χ1n) is 10.1. The number of nitrogens with zero attached hydrogens (tertiary/aromatic N) is 3. The zero-order valence-corrected chi connectivity index (χ0v) is 17.7. The fourth-order valence-corrected chi connectivity index (χ4v) is 4.56. The van der Waals surface area contributed by atoms with Crippen LogP contribution >= 0.6 is 11.8 Å². The Morgan fingerprint density at radius 3 is 2.59 bits per heavy atom. The molecule has 1 aliphatic carbocycles. The molecular weight excluding hydrogens is 380 g/mol. The Morgan fingerprint density at radius 1 is 1.07 bits per heavy atom. The summed E-state index contributed by atoms with van der Waals surface area (Å²) in [5, 5.41) is 12.8. The molecule has 2 aromatic carbocycles. The monoisotopic (exact) mass is 406 g/mol. The van der Waals surface area contributed by atoms with E-state index < -0.39 is 0 Å². The molecule has 150 valence electrons. The van der Waals surface area contributed by atoms with Gasteiger partial charge in [-0.25, -0.2) is 0 Å². The van der Waals surface area contributed by atoms with Gasteiger partial charge in [-0.05, 0) is 43.9 Å². The summed E-state index contributed by atoms with van der Waals surface area (Å²) in [6, 6.07) is 16.6. The number of aromatic nitrogens is 3. The van der Waals surface area contributed by atoms with Crippen LogP contribution in [0.25, 0.3) is 17.1 Å². The lowest BCUT2D eigenvalue weighted by molar-refractivity contribution is -0.119. The van der Waals surface area contributed by atoms with Crippen molar-refractivity contribution in [2.75, 3.05) is 5.75 Å². The molecule has 1 aliphatic rings. The number of nitrogens with one attached hydrogen (secondary N) is 1. The van der Waals surface area contributed by atoms with Crippen molar-refractivity contribution in [3.8, 4) is 17.1 Å². The van der Waals surface area contributed by atoms with Gasteiger partial charge < -0.3 is 5.32 Å². The van der Waals surface area contributed by atoms with E-state index in [1.54, 1.807) is 0 Å². The first-order valence-corrected chi connectivity index (χ1v) is 11.1. The number of carbonyl (C=O) groups is 1. The third-order valence-corrected chi connectivity index (χ3v) is 6.46. The summed E-state index contributed by atoms with van der Waals surface area (Å²) in [5.41, 5.74) is 4.45. The van der Waals surface area contributed by atoms with Gasteiger partial charge in [0.1, 0.15) is 0 Å². The summed E-state index contributed by atoms with van der Waals surface area (Å²) < 4.78 is 2.07. The normalized spacial score (nSPS) is 14.3. The van der Waals surface area contributed by atoms with Crippen molar-refractivity contribution in [1.82, 2.24) is 20.1 Å². The van der Waals surface area contributed by atoms with E-state index in [0.29, 0.717) is 11.8 Å². The Bertz CT molecular complexity index is 993. The maximum Gasteiger partial charge on any atom is 0.230 e. The molecule has 0 unspecified atom stereocenters. The number of hydrogen-bond donors (Lipinski definition) is 1. The largest absolute Gasteiger partial charge is 0.353 e. The van der Waals surface area contributed by atoms with E-state index >= 15 is 0 Å². The average Bonchev–Trinajstić information content (AvgIpc) is 3.39. The van der Waals surface area contributed by atoms with Gasteiger partial charge in [0.25, 0.3) is 0 Å². The van der Waals surface area contributed by atoms with Crippen molar-refractivity contribution in [2.45, 2.75) is 50.7 Å². The molecule has 1 amide bonds. The smallest absolute Gasteiger partial charge is 0.230 e. The molecule has 1 heterocycles. The average molecular weight is 407 g/mol. The zero-order chi connectivity index (χ0) is 20.2. The van der Waals surface area contributed by atoms with E-state index in [0.717, 1.165) is 35.1 Å². The predicted molar refractivity (Wildman–Crippen MR) is 117 cm³/mol. The lowest BCUT2D eigenvalue weighted by Gasteiger charge is -2.15. The Morgan fingerprint density at radius 2 is 1.83 bits per heavy atom. The van der Waals surface area contributed by atoms with Gasteiger partial charge >= 0.3 is 0 Å². The lowest BCUT2D eigenvalue weighted by Crippen LogP contribution is -2.33. The molecule has 0 radical (unpaired) electrons. The standard InChI is InChI=1S/C23H26N4OS/c1-16-9-8-14-20(17(16)2)27-22(18-10-4-3-5-11-18)25-26-23(27)29-15-21(28)24-19-12-6-7-13-19/h3-5,8-11,14,19H,6-7,12-13,15H2,1-2H3,(H,24,28). The minimum atomic E-state index is 0.0682. The third kappa shape index (κ3) is 4.37. The molecule has 29 heavy (non-hydrogen) atoms. The van der Waals surface area contributed by atoms with Crippen molar-refractivity contribution in [3.63, 3.8) is 0 Å². The van der Waals surface area contributed by atoms with Crippen LogP contribution in [0.4, 0.5) is 0 Å². The number of hydrogen-bond acceptors (Lipinski definition) is 4. The number of thioether (sulfide) groups is 1. The van der Waals surface area contributed by atoms with Gasteiger partial charge in [-0.3, -0.25) is 9.36 Å². The summed E-state index contributed by atoms with van der Waals surface area (Å²) in [5.74, 6) is 1.20. The summed E-state index contributed by atoms with van der Waals surface area (Å²) >= 11 is 1.44. The fourth-order valence-electron chi connectivity index (χ4n) is 3.80. The van der Waals surface area contributed by atoms with Crippen LogP contribution in [0.5, 0.6) is 0 Å². The highest BCUT2D eigenvalue weighted by atomic mass is 32.2. The van der Waals surface area contributed by atoms with Crippen molar-refractivity contribution < 1.29 is 4.79 Å². The van der Waals surface area contributed by atoms with Gasteiger partial charge in [0.15, 0.2) is 11.0 Å². The second kappa shape index (κ2) is 8.82. The van der Waals surface area contributed by atoms with Crippen LogP contribution in [0.2, 0.25) is 0 Å². The Labute approximate surface area is 175 Å². The number of amides is 1. The van der Waals surface area contributed by atoms with E-state index in [1.807, 2.05) is 36.4 Å². The van der Waals surface area contributed by atoms with Crippen molar-refractivity contribution in [2.24, 2.45) is 0 Å². The number of aryl methyl sites for hydroxylation is 1. The topological polar surface area (TPSA) is 59.8 Å². The quantitative estimate of drug-likeness (QED) is 0.603. The van der Waals surface area contributed by atoms with Crippen LogP contribution in [0.15, 0.2) is 53.7 Å². The lowest BCUT2D eigenvalue weighted by atomic mass is 10.1. The molecule has 1 N–H and O–H groups in total. The van der Waals surface area contributed by atoms with Gasteiger partial charge in [-0.15, -0.1) is 10.2 Å². The summed E-state index contributed by atoms with van der Waals surface area (Å²) in [4.78, 5) is 12.4. The molecule has 0 atom stereocenters. The first-order chi connectivity index (χ1) is 14.1. The van der Waals surface area contributed by atoms with Crippen LogP contribution < -0.4 is 5.32 Å². The van der Waals surface area contributed by atoms with Gasteiger partial charge in [-0.1, -0.05) is 67.1 Å². The number of rotatable bonds is 6. The van der Waals surface area contributed by atoms with Gasteiger partial charge in [-0.2, -0.15) is 0 Å². The van der Waals surface area contributed by atoms with E-state index in [1.165, 1.54) is 35.7 Å². The molecule has 5 nitrogen and oxygen atoms in total. The van der Waals surface area contributed by atoms with Crippen molar-refractivity contribution in [3.05, 3.63) is 59.7 Å². The molecule has 1 fully saturated rings. The molecule has 3 aromatic rings. The van der Waals surface area contributed by atoms with Crippen LogP contribution in [-0.2, 0) is 4.79 Å². The molecule has 1 aromatic heterocycles. The zero-order valence-electron chi connectivity index (χ0n) is 16.9. The molecule has 6 heteroatoms. The SMILES string of the molecule is Cc1cccc(-n2c(SCC(=O)NC3CCCC3)nnc2-c2ccccc2)c1C. The maximum absolute atomic E-state index is 12.4. The summed E-state index contributed by atoms with van der Waals surface area (Å²) in [6.07, 6.45) is 4.60. The van der Waals surface area contributed by atoms with E-state index in [2.05, 4.69) is 46.1 Å². The molecule has 0 saturated heterocycles. The fraction of sp³-hybridized carbons (Fsp3) is 0.348. The molecule has 1 saturated carbocycles. The Hall–Kier alpha value is -2.60. The Balaban J connectivity index is 1.64. The van der Waals surface area contributed by atoms with Crippen LogP contribution in [0.3, 0.4) is 0 Å². The van der Waals surface area contributed by atoms with Crippen LogP contribution in [-0.4, -0.2) is 32.5 Å². The molecule has 4 rings (SSSR count). The minimum absolute atomic E-state index is 0.0682. The third-order valence-electron chi connectivity index (χ3n) is 5.53. The second-order valence-corrected chi connectivity index (χ2v) is 8.51.